The first-order chi connectivity index (χ1) is 8.21. The van der Waals surface area contributed by atoms with Gasteiger partial charge in [0.15, 0.2) is 0 Å². The van der Waals surface area contributed by atoms with Gasteiger partial charge in [0.05, 0.1) is 11.5 Å². The Bertz CT molecular complexity index is 415. The van der Waals surface area contributed by atoms with Crippen LogP contribution in [0.1, 0.15) is 49.3 Å². The van der Waals surface area contributed by atoms with Crippen molar-refractivity contribution in [1.29, 1.82) is 5.26 Å². The second kappa shape index (κ2) is 5.23. The third-order valence-corrected chi connectivity index (χ3v) is 5.33. The Kier molecular flexibility index (Phi) is 3.89. The maximum absolute atomic E-state index is 9.51. The quantitative estimate of drug-likeness (QED) is 0.764. The van der Waals surface area contributed by atoms with Crippen LogP contribution in [0, 0.1) is 22.7 Å². The van der Waals surface area contributed by atoms with E-state index < -0.39 is 0 Å². The van der Waals surface area contributed by atoms with Crippen molar-refractivity contribution in [2.75, 3.05) is 0 Å². The molecule has 1 aliphatic rings. The van der Waals surface area contributed by atoms with E-state index in [1.165, 1.54) is 22.6 Å². The molecule has 2 unspecified atom stereocenters. The van der Waals surface area contributed by atoms with Crippen LogP contribution in [0.2, 0.25) is 0 Å². The third kappa shape index (κ3) is 2.72. The van der Waals surface area contributed by atoms with Crippen LogP contribution in [0.5, 0.6) is 0 Å². The maximum Gasteiger partial charge on any atom is 0.0693 e. The molecule has 0 aromatic carbocycles. The van der Waals surface area contributed by atoms with Gasteiger partial charge in [0, 0.05) is 16.2 Å². The summed E-state index contributed by atoms with van der Waals surface area (Å²) in [6, 6.07) is 7.07. The van der Waals surface area contributed by atoms with Crippen LogP contribution in [0.15, 0.2) is 12.1 Å². The van der Waals surface area contributed by atoms with E-state index in [-0.39, 0.29) is 5.41 Å². The fourth-order valence-electron chi connectivity index (χ4n) is 2.93. The predicted molar refractivity (Wildman–Crippen MR) is 73.1 cm³/mol. The molecule has 0 N–H and O–H groups in total. The molecule has 0 amide bonds. The minimum atomic E-state index is -0.0590. The van der Waals surface area contributed by atoms with E-state index in [0.717, 1.165) is 31.6 Å². The predicted octanol–water partition coefficient (Wildman–Crippen LogP) is 4.57. The topological polar surface area (TPSA) is 23.8 Å². The van der Waals surface area contributed by atoms with Crippen molar-refractivity contribution in [2.24, 2.45) is 11.3 Å². The van der Waals surface area contributed by atoms with Gasteiger partial charge in [0.25, 0.3) is 0 Å². The first-order valence-corrected chi connectivity index (χ1v) is 7.52. The molecule has 92 valence electrons. The number of thiophene rings is 1. The Morgan fingerprint density at radius 1 is 1.41 bits per heavy atom. The highest BCUT2D eigenvalue weighted by Crippen LogP contribution is 2.45. The molecule has 0 saturated heterocycles. The van der Waals surface area contributed by atoms with Crippen LogP contribution in [0.25, 0.3) is 0 Å². The molecule has 17 heavy (non-hydrogen) atoms. The number of nitrogens with zero attached hydrogens (tertiary/aromatic N) is 1. The second-order valence-electron chi connectivity index (χ2n) is 5.31. The number of rotatable bonds is 4. The summed E-state index contributed by atoms with van der Waals surface area (Å²) >= 11 is 1.89. The lowest BCUT2D eigenvalue weighted by molar-refractivity contribution is 0.383. The van der Waals surface area contributed by atoms with E-state index in [2.05, 4.69) is 32.0 Å². The van der Waals surface area contributed by atoms with Crippen molar-refractivity contribution in [3.63, 3.8) is 0 Å². The van der Waals surface area contributed by atoms with Gasteiger partial charge in [-0.1, -0.05) is 20.3 Å². The van der Waals surface area contributed by atoms with Crippen LogP contribution < -0.4 is 0 Å². The lowest BCUT2D eigenvalue weighted by atomic mass is 9.82. The number of aryl methyl sites for hydroxylation is 1. The van der Waals surface area contributed by atoms with Crippen molar-refractivity contribution in [3.8, 4) is 6.07 Å². The Balaban J connectivity index is 2.08. The van der Waals surface area contributed by atoms with Crippen molar-refractivity contribution in [1.82, 2.24) is 0 Å². The molecule has 1 nitrogen and oxygen atoms in total. The first-order valence-electron chi connectivity index (χ1n) is 6.70. The minimum Gasteiger partial charge on any atom is -0.198 e. The summed E-state index contributed by atoms with van der Waals surface area (Å²) < 4.78 is 0. The molecule has 1 heterocycles. The van der Waals surface area contributed by atoms with Crippen molar-refractivity contribution in [2.45, 2.75) is 52.4 Å². The van der Waals surface area contributed by atoms with E-state index >= 15 is 0 Å². The van der Waals surface area contributed by atoms with Crippen molar-refractivity contribution < 1.29 is 0 Å². The minimum absolute atomic E-state index is 0.0590. The van der Waals surface area contributed by atoms with E-state index in [4.69, 9.17) is 0 Å². The molecule has 2 heteroatoms. The molecule has 2 rings (SSSR count). The van der Waals surface area contributed by atoms with E-state index in [0.29, 0.717) is 0 Å². The van der Waals surface area contributed by atoms with Gasteiger partial charge < -0.3 is 0 Å². The summed E-state index contributed by atoms with van der Waals surface area (Å²) in [4.78, 5) is 2.85. The van der Waals surface area contributed by atoms with Gasteiger partial charge in [-0.05, 0) is 43.7 Å². The first kappa shape index (κ1) is 12.6. The van der Waals surface area contributed by atoms with Crippen LogP contribution in [0.3, 0.4) is 0 Å². The average molecular weight is 247 g/mol. The maximum atomic E-state index is 9.51. The summed E-state index contributed by atoms with van der Waals surface area (Å²) in [5.41, 5.74) is -0.0590. The normalized spacial score (nSPS) is 28.2. The molecule has 1 aromatic rings. The molecule has 1 saturated carbocycles. The number of hydrogen-bond donors (Lipinski definition) is 0. The van der Waals surface area contributed by atoms with Crippen LogP contribution in [-0.2, 0) is 12.8 Å². The molecular weight excluding hydrogens is 226 g/mol. The van der Waals surface area contributed by atoms with Crippen LogP contribution in [0.4, 0.5) is 0 Å². The zero-order valence-electron chi connectivity index (χ0n) is 10.8. The monoisotopic (exact) mass is 247 g/mol. The van der Waals surface area contributed by atoms with E-state index in [9.17, 15) is 5.26 Å². The number of nitriles is 1. The Labute approximate surface area is 108 Å². The van der Waals surface area contributed by atoms with Gasteiger partial charge >= 0.3 is 0 Å². The smallest absolute Gasteiger partial charge is 0.0693 e. The largest absolute Gasteiger partial charge is 0.198 e. The highest BCUT2D eigenvalue weighted by atomic mass is 32.1. The van der Waals surface area contributed by atoms with Gasteiger partial charge in [-0.25, -0.2) is 0 Å². The summed E-state index contributed by atoms with van der Waals surface area (Å²) in [6.07, 6.45) is 6.78. The zero-order valence-corrected chi connectivity index (χ0v) is 11.6. The molecule has 2 atom stereocenters. The zero-order chi connectivity index (χ0) is 12.3. The Morgan fingerprint density at radius 3 is 2.71 bits per heavy atom. The van der Waals surface area contributed by atoms with Gasteiger partial charge in [-0.15, -0.1) is 11.3 Å². The molecule has 0 aliphatic heterocycles. The van der Waals surface area contributed by atoms with Crippen LogP contribution in [-0.4, -0.2) is 0 Å². The SMILES string of the molecule is CCc1ccc(CC2(C#N)CCC(CC)C2)s1. The summed E-state index contributed by atoms with van der Waals surface area (Å²) in [5.74, 6) is 0.778. The van der Waals surface area contributed by atoms with Gasteiger partial charge in [-0.2, -0.15) is 5.26 Å². The third-order valence-electron chi connectivity index (χ3n) is 4.10. The Hall–Kier alpha value is -0.810. The standard InChI is InChI=1S/C15H21NS/c1-3-12-7-8-15(9-12,11-16)10-14-6-5-13(4-2)17-14/h5-6,12H,3-4,7-10H2,1-2H3. The van der Waals surface area contributed by atoms with Gasteiger partial charge in [-0.3, -0.25) is 0 Å². The molecule has 1 aromatic heterocycles. The highest BCUT2D eigenvalue weighted by molar-refractivity contribution is 7.11. The molecular formula is C15H21NS. The average Bonchev–Trinajstić information content (AvgIpc) is 2.97. The Morgan fingerprint density at radius 2 is 2.18 bits per heavy atom. The molecule has 1 fully saturated rings. The fourth-order valence-corrected chi connectivity index (χ4v) is 4.03. The fraction of sp³-hybridized carbons (Fsp3) is 0.667. The molecule has 0 bridgehead atoms. The highest BCUT2D eigenvalue weighted by Gasteiger charge is 2.38. The van der Waals surface area contributed by atoms with Gasteiger partial charge in [0.1, 0.15) is 0 Å². The second-order valence-corrected chi connectivity index (χ2v) is 6.56. The van der Waals surface area contributed by atoms with Gasteiger partial charge in [0.2, 0.25) is 0 Å². The van der Waals surface area contributed by atoms with E-state index in [1.54, 1.807) is 0 Å². The lowest BCUT2D eigenvalue weighted by Gasteiger charge is -2.19. The van der Waals surface area contributed by atoms with Crippen molar-refractivity contribution in [3.05, 3.63) is 21.9 Å². The van der Waals surface area contributed by atoms with E-state index in [1.807, 2.05) is 11.3 Å². The molecule has 0 spiro atoms. The summed E-state index contributed by atoms with van der Waals surface area (Å²) in [5, 5.41) is 9.51. The van der Waals surface area contributed by atoms with Crippen molar-refractivity contribution >= 4 is 11.3 Å². The number of hydrogen-bond acceptors (Lipinski definition) is 2. The molecule has 0 radical (unpaired) electrons. The van der Waals surface area contributed by atoms with Crippen LogP contribution >= 0.6 is 11.3 Å². The summed E-state index contributed by atoms with van der Waals surface area (Å²) in [7, 11) is 0. The lowest BCUT2D eigenvalue weighted by Crippen LogP contribution is -2.17. The molecule has 1 aliphatic carbocycles. The summed E-state index contributed by atoms with van der Waals surface area (Å²) in [6.45, 7) is 4.44.